The molecule has 1 unspecified atom stereocenters. The Morgan fingerprint density at radius 2 is 1.76 bits per heavy atom. The Kier molecular flexibility index (Phi) is 11.2. The molecule has 8 nitrogen and oxygen atoms in total. The summed E-state index contributed by atoms with van der Waals surface area (Å²) >= 11 is 0. The van der Waals surface area contributed by atoms with Crippen molar-refractivity contribution in [3.05, 3.63) is 34.9 Å². The smallest absolute Gasteiger partial charge is 0.244 e. The number of amides is 1. The number of rotatable bonds is 5. The first-order valence-corrected chi connectivity index (χ1v) is 9.06. The maximum absolute atomic E-state index is 12.9. The van der Waals surface area contributed by atoms with Gasteiger partial charge in [-0.25, -0.2) is 0 Å². The second-order valence-electron chi connectivity index (χ2n) is 7.04. The zero-order valence-electron chi connectivity index (χ0n) is 17.6. The predicted molar refractivity (Wildman–Crippen MR) is 121 cm³/mol. The third-order valence-corrected chi connectivity index (χ3v) is 5.32. The minimum Gasteiger partial charge on any atom is -0.338 e. The summed E-state index contributed by atoms with van der Waals surface area (Å²) in [4.78, 5) is 17.3. The van der Waals surface area contributed by atoms with Crippen LogP contribution in [0.2, 0.25) is 0 Å². The molecule has 29 heavy (non-hydrogen) atoms. The molecule has 1 aliphatic heterocycles. The lowest BCUT2D eigenvalue weighted by Gasteiger charge is -2.36. The lowest BCUT2D eigenvalue weighted by atomic mass is 10.1. The third kappa shape index (κ3) is 6.08. The topological polar surface area (TPSA) is 71.2 Å². The second kappa shape index (κ2) is 11.8. The van der Waals surface area contributed by atoms with Crippen LogP contribution in [0.25, 0.3) is 0 Å². The molecule has 1 aliphatic rings. The summed E-state index contributed by atoms with van der Waals surface area (Å²) in [7, 11) is 5.67. The molecule has 1 N–H and O–H groups in total. The average Bonchev–Trinajstić information content (AvgIpc) is 3.15. The van der Waals surface area contributed by atoms with Crippen LogP contribution in [0.15, 0.2) is 12.4 Å². The quantitative estimate of drug-likeness (QED) is 0.722. The van der Waals surface area contributed by atoms with E-state index in [1.807, 2.05) is 36.9 Å². The highest BCUT2D eigenvalue weighted by Gasteiger charge is 2.28. The van der Waals surface area contributed by atoms with Gasteiger partial charge in [0.05, 0.1) is 11.9 Å². The normalized spacial score (nSPS) is 15.1. The lowest BCUT2D eigenvalue weighted by Crippen LogP contribution is -2.51. The van der Waals surface area contributed by atoms with Gasteiger partial charge in [-0.15, -0.1) is 37.2 Å². The number of piperazine rings is 1. The van der Waals surface area contributed by atoms with Crippen LogP contribution in [-0.2, 0) is 25.4 Å². The van der Waals surface area contributed by atoms with Crippen molar-refractivity contribution < 1.29 is 4.79 Å². The van der Waals surface area contributed by atoms with E-state index in [1.54, 1.807) is 10.9 Å². The van der Waals surface area contributed by atoms with E-state index in [9.17, 15) is 4.79 Å². The van der Waals surface area contributed by atoms with Crippen LogP contribution >= 0.6 is 37.2 Å². The maximum Gasteiger partial charge on any atom is 0.244 e. The van der Waals surface area contributed by atoms with Gasteiger partial charge in [0, 0.05) is 69.8 Å². The minimum atomic E-state index is -0.335. The van der Waals surface area contributed by atoms with Crippen LogP contribution in [-0.4, -0.2) is 68.5 Å². The number of aromatic nitrogens is 4. The Morgan fingerprint density at radius 1 is 1.14 bits per heavy atom. The molecule has 11 heteroatoms. The number of carbonyl (C=O) groups excluding carboxylic acids is 1. The molecule has 3 rings (SSSR count). The number of halogens is 3. The van der Waals surface area contributed by atoms with Crippen molar-refractivity contribution in [2.75, 3.05) is 33.2 Å². The van der Waals surface area contributed by atoms with E-state index >= 15 is 0 Å². The highest BCUT2D eigenvalue weighted by atomic mass is 35.5. The molecule has 0 radical (unpaired) electrons. The molecular weight excluding hydrogens is 437 g/mol. The first kappa shape index (κ1) is 27.7. The zero-order valence-corrected chi connectivity index (χ0v) is 20.0. The second-order valence-corrected chi connectivity index (χ2v) is 7.04. The Hall–Kier alpha value is -1.32. The summed E-state index contributed by atoms with van der Waals surface area (Å²) in [5.41, 5.74) is 4.52. The number of likely N-dealkylation sites (N-methyl/N-ethyl adjacent to an activating group) is 1. The molecule has 3 heterocycles. The SMILES string of the molecule is CNC(C(=O)N1CCN(Cc2c(C)nn(C)c2C)CC1)c1cnn(C)c1.Cl.Cl.Cl. The first-order valence-electron chi connectivity index (χ1n) is 9.06. The van der Waals surface area contributed by atoms with Crippen molar-refractivity contribution in [3.63, 3.8) is 0 Å². The van der Waals surface area contributed by atoms with Crippen LogP contribution in [0.5, 0.6) is 0 Å². The van der Waals surface area contributed by atoms with Crippen molar-refractivity contribution >= 4 is 43.1 Å². The Morgan fingerprint density at radius 3 is 2.21 bits per heavy atom. The molecule has 2 aromatic rings. The van der Waals surface area contributed by atoms with Crippen molar-refractivity contribution in [2.45, 2.75) is 26.4 Å². The van der Waals surface area contributed by atoms with E-state index in [2.05, 4.69) is 34.3 Å². The monoisotopic (exact) mass is 467 g/mol. The third-order valence-electron chi connectivity index (χ3n) is 5.32. The maximum atomic E-state index is 12.9. The van der Waals surface area contributed by atoms with Crippen LogP contribution in [0.3, 0.4) is 0 Å². The molecular formula is C18H32Cl3N7O. The summed E-state index contributed by atoms with van der Waals surface area (Å²) in [5.74, 6) is 0.119. The van der Waals surface area contributed by atoms with E-state index in [-0.39, 0.29) is 49.2 Å². The standard InChI is InChI=1S/C18H29N7O.3ClH/c1-13-16(14(2)23(5)21-13)12-24-6-8-25(9-7-24)18(26)17(19-3)15-10-20-22(4)11-15;;;/h10-11,17,19H,6-9,12H2,1-5H3;3*1H. The molecule has 2 aromatic heterocycles. The van der Waals surface area contributed by atoms with Gasteiger partial charge >= 0.3 is 0 Å². The van der Waals surface area contributed by atoms with Gasteiger partial charge in [-0.05, 0) is 20.9 Å². The molecule has 0 saturated carbocycles. The number of hydrogen-bond donors (Lipinski definition) is 1. The highest BCUT2D eigenvalue weighted by Crippen LogP contribution is 2.19. The molecule has 1 atom stereocenters. The molecule has 166 valence electrons. The van der Waals surface area contributed by atoms with Gasteiger partial charge in [0.25, 0.3) is 0 Å². The van der Waals surface area contributed by atoms with Crippen LogP contribution in [0, 0.1) is 13.8 Å². The van der Waals surface area contributed by atoms with E-state index in [0.29, 0.717) is 0 Å². The summed E-state index contributed by atoms with van der Waals surface area (Å²) in [5, 5.41) is 11.8. The Bertz CT molecular complexity index is 785. The number of carbonyl (C=O) groups is 1. The predicted octanol–water partition coefficient (Wildman–Crippen LogP) is 1.64. The van der Waals surface area contributed by atoms with Gasteiger partial charge in [-0.2, -0.15) is 10.2 Å². The fourth-order valence-corrected chi connectivity index (χ4v) is 3.60. The van der Waals surface area contributed by atoms with E-state index in [4.69, 9.17) is 0 Å². The number of nitrogens with one attached hydrogen (secondary N) is 1. The Labute approximate surface area is 191 Å². The van der Waals surface area contributed by atoms with Crippen LogP contribution in [0.1, 0.15) is 28.6 Å². The van der Waals surface area contributed by atoms with E-state index in [1.165, 1.54) is 11.3 Å². The van der Waals surface area contributed by atoms with Gasteiger partial charge in [-0.3, -0.25) is 19.1 Å². The number of nitrogens with zero attached hydrogens (tertiary/aromatic N) is 6. The van der Waals surface area contributed by atoms with Crippen LogP contribution in [0.4, 0.5) is 0 Å². The lowest BCUT2D eigenvalue weighted by molar-refractivity contribution is -0.135. The summed E-state index contributed by atoms with van der Waals surface area (Å²) in [6.07, 6.45) is 3.65. The summed E-state index contributed by atoms with van der Waals surface area (Å²) in [6, 6.07) is -0.335. The minimum absolute atomic E-state index is 0. The molecule has 1 saturated heterocycles. The van der Waals surface area contributed by atoms with Crippen molar-refractivity contribution in [2.24, 2.45) is 14.1 Å². The first-order chi connectivity index (χ1) is 12.4. The molecule has 0 bridgehead atoms. The van der Waals surface area contributed by atoms with Crippen molar-refractivity contribution in [1.29, 1.82) is 0 Å². The summed E-state index contributed by atoms with van der Waals surface area (Å²) in [6.45, 7) is 8.32. The molecule has 0 spiro atoms. The summed E-state index contributed by atoms with van der Waals surface area (Å²) < 4.78 is 3.67. The average molecular weight is 469 g/mol. The van der Waals surface area contributed by atoms with Gasteiger partial charge in [-0.1, -0.05) is 0 Å². The molecule has 0 aliphatic carbocycles. The van der Waals surface area contributed by atoms with Crippen molar-refractivity contribution in [1.82, 2.24) is 34.7 Å². The van der Waals surface area contributed by atoms with Gasteiger partial charge in [0.15, 0.2) is 0 Å². The van der Waals surface area contributed by atoms with E-state index < -0.39 is 0 Å². The van der Waals surface area contributed by atoms with Gasteiger partial charge in [0.1, 0.15) is 6.04 Å². The molecule has 0 aromatic carbocycles. The number of aryl methyl sites for hydroxylation is 3. The van der Waals surface area contributed by atoms with Crippen LogP contribution < -0.4 is 5.32 Å². The van der Waals surface area contributed by atoms with Gasteiger partial charge in [0.2, 0.25) is 5.91 Å². The van der Waals surface area contributed by atoms with Gasteiger partial charge < -0.3 is 10.2 Å². The fourth-order valence-electron chi connectivity index (χ4n) is 3.60. The van der Waals surface area contributed by atoms with Crippen molar-refractivity contribution in [3.8, 4) is 0 Å². The largest absolute Gasteiger partial charge is 0.338 e. The zero-order chi connectivity index (χ0) is 18.8. The number of hydrogen-bond acceptors (Lipinski definition) is 5. The molecule has 1 fully saturated rings. The fraction of sp³-hybridized carbons (Fsp3) is 0.611. The molecule has 1 amide bonds. The van der Waals surface area contributed by atoms with E-state index in [0.717, 1.165) is 44.0 Å². The Balaban J connectivity index is 0.00000261. The highest BCUT2D eigenvalue weighted by molar-refractivity contribution is 5.86.